The first kappa shape index (κ1) is 12.6. The summed E-state index contributed by atoms with van der Waals surface area (Å²) in [4.78, 5) is 13.1. The van der Waals surface area contributed by atoms with Gasteiger partial charge in [0.05, 0.1) is 0 Å². The fraction of sp³-hybridized carbons (Fsp3) is 0.462. The second kappa shape index (κ2) is 5.54. The van der Waals surface area contributed by atoms with E-state index in [1.807, 2.05) is 49.9 Å². The summed E-state index contributed by atoms with van der Waals surface area (Å²) in [7, 11) is 0. The van der Waals surface area contributed by atoms with Crippen LogP contribution in [-0.4, -0.2) is 23.7 Å². The van der Waals surface area contributed by atoms with Gasteiger partial charge in [-0.3, -0.25) is 0 Å². The second-order valence-electron chi connectivity index (χ2n) is 3.89. The predicted molar refractivity (Wildman–Crippen MR) is 65.9 cm³/mol. The minimum absolute atomic E-state index is 0.438. The summed E-state index contributed by atoms with van der Waals surface area (Å²) in [6.07, 6.45) is 0.608. The lowest BCUT2D eigenvalue weighted by Gasteiger charge is -2.29. The van der Waals surface area contributed by atoms with E-state index in [9.17, 15) is 4.79 Å². The molecule has 0 aliphatic heterocycles. The number of carbonyl (C=O) groups is 1. The van der Waals surface area contributed by atoms with Crippen LogP contribution < -0.4 is 4.90 Å². The van der Waals surface area contributed by atoms with E-state index in [2.05, 4.69) is 0 Å². The number of benzene rings is 1. The molecule has 1 atom stereocenters. The molecule has 88 valence electrons. The standard InChI is InChI=1S/C13H19NO2/c1-4-12(13(15)16)14(5-2)11-8-6-7-10(3)9-11/h6-9,12H,4-5H2,1-3H3,(H,15,16)/t12-/m1/s1. The summed E-state index contributed by atoms with van der Waals surface area (Å²) < 4.78 is 0. The molecule has 0 spiro atoms. The Labute approximate surface area is 96.7 Å². The molecule has 0 amide bonds. The molecule has 0 bridgehead atoms. The average molecular weight is 221 g/mol. The number of aryl methyl sites for hydroxylation is 1. The molecule has 0 aromatic heterocycles. The molecule has 0 fully saturated rings. The lowest BCUT2D eigenvalue weighted by atomic mass is 10.1. The van der Waals surface area contributed by atoms with Crippen LogP contribution >= 0.6 is 0 Å². The van der Waals surface area contributed by atoms with E-state index in [1.54, 1.807) is 0 Å². The number of hydrogen-bond acceptors (Lipinski definition) is 2. The van der Waals surface area contributed by atoms with Crippen LogP contribution in [-0.2, 0) is 4.79 Å². The molecule has 0 aliphatic carbocycles. The van der Waals surface area contributed by atoms with Gasteiger partial charge in [-0.25, -0.2) is 4.79 Å². The third-order valence-electron chi connectivity index (χ3n) is 2.72. The van der Waals surface area contributed by atoms with Crippen LogP contribution in [0.1, 0.15) is 25.8 Å². The van der Waals surface area contributed by atoms with E-state index in [0.29, 0.717) is 13.0 Å². The summed E-state index contributed by atoms with van der Waals surface area (Å²) in [5.74, 6) is -0.758. The van der Waals surface area contributed by atoms with Crippen LogP contribution in [0.5, 0.6) is 0 Å². The Kier molecular flexibility index (Phi) is 4.35. The molecule has 1 rings (SSSR count). The molecule has 0 saturated heterocycles. The molecule has 3 nitrogen and oxygen atoms in total. The Morgan fingerprint density at radius 2 is 2.12 bits per heavy atom. The molecule has 0 heterocycles. The Morgan fingerprint density at radius 1 is 1.44 bits per heavy atom. The minimum Gasteiger partial charge on any atom is -0.480 e. The number of anilines is 1. The van der Waals surface area contributed by atoms with E-state index in [1.165, 1.54) is 0 Å². The highest BCUT2D eigenvalue weighted by molar-refractivity contribution is 5.78. The maximum Gasteiger partial charge on any atom is 0.326 e. The normalized spacial score (nSPS) is 12.2. The minimum atomic E-state index is -0.758. The molecule has 3 heteroatoms. The van der Waals surface area contributed by atoms with Gasteiger partial charge in [0.2, 0.25) is 0 Å². The van der Waals surface area contributed by atoms with Crippen LogP contribution in [0.25, 0.3) is 0 Å². The van der Waals surface area contributed by atoms with Crippen molar-refractivity contribution in [2.24, 2.45) is 0 Å². The van der Waals surface area contributed by atoms with Crippen LogP contribution in [0.15, 0.2) is 24.3 Å². The number of aliphatic carboxylic acids is 1. The molecule has 0 saturated carbocycles. The van der Waals surface area contributed by atoms with Gasteiger partial charge in [-0.15, -0.1) is 0 Å². The van der Waals surface area contributed by atoms with Crippen molar-refractivity contribution in [1.82, 2.24) is 0 Å². The van der Waals surface area contributed by atoms with Gasteiger partial charge in [0.25, 0.3) is 0 Å². The maximum atomic E-state index is 11.1. The van der Waals surface area contributed by atoms with Gasteiger partial charge < -0.3 is 10.0 Å². The highest BCUT2D eigenvalue weighted by Crippen LogP contribution is 2.19. The summed E-state index contributed by atoms with van der Waals surface area (Å²) in [5.41, 5.74) is 2.13. The van der Waals surface area contributed by atoms with E-state index >= 15 is 0 Å². The number of carboxylic acid groups (broad SMARTS) is 1. The number of hydrogen-bond donors (Lipinski definition) is 1. The van der Waals surface area contributed by atoms with Crippen LogP contribution in [0, 0.1) is 6.92 Å². The monoisotopic (exact) mass is 221 g/mol. The lowest BCUT2D eigenvalue weighted by Crippen LogP contribution is -2.40. The zero-order valence-corrected chi connectivity index (χ0v) is 10.1. The Hall–Kier alpha value is -1.51. The summed E-state index contributed by atoms with van der Waals surface area (Å²) in [6, 6.07) is 7.52. The number of likely N-dealkylation sites (N-methyl/N-ethyl adjacent to an activating group) is 1. The van der Waals surface area contributed by atoms with Gasteiger partial charge in [-0.1, -0.05) is 19.1 Å². The van der Waals surface area contributed by atoms with E-state index < -0.39 is 12.0 Å². The molecule has 0 unspecified atom stereocenters. The predicted octanol–water partition coefficient (Wildman–Crippen LogP) is 2.68. The SMILES string of the molecule is CC[C@H](C(=O)O)N(CC)c1cccc(C)c1. The molecular formula is C13H19NO2. The number of rotatable bonds is 5. The van der Waals surface area contributed by atoms with Gasteiger partial charge in [0, 0.05) is 12.2 Å². The van der Waals surface area contributed by atoms with Crippen molar-refractivity contribution in [2.45, 2.75) is 33.2 Å². The van der Waals surface area contributed by atoms with Gasteiger partial charge >= 0.3 is 5.97 Å². The van der Waals surface area contributed by atoms with E-state index in [4.69, 9.17) is 5.11 Å². The first-order valence-corrected chi connectivity index (χ1v) is 5.66. The van der Waals surface area contributed by atoms with Crippen molar-refractivity contribution in [3.05, 3.63) is 29.8 Å². The molecule has 1 aromatic rings. The zero-order chi connectivity index (χ0) is 12.1. The van der Waals surface area contributed by atoms with Gasteiger partial charge in [0.15, 0.2) is 0 Å². The molecule has 1 aromatic carbocycles. The lowest BCUT2D eigenvalue weighted by molar-refractivity contribution is -0.138. The second-order valence-corrected chi connectivity index (χ2v) is 3.89. The number of nitrogens with zero attached hydrogens (tertiary/aromatic N) is 1. The molecule has 16 heavy (non-hydrogen) atoms. The first-order valence-electron chi connectivity index (χ1n) is 5.66. The smallest absolute Gasteiger partial charge is 0.326 e. The van der Waals surface area contributed by atoms with Crippen LogP contribution in [0.2, 0.25) is 0 Å². The van der Waals surface area contributed by atoms with Crippen LogP contribution in [0.3, 0.4) is 0 Å². The Bertz CT molecular complexity index is 363. The van der Waals surface area contributed by atoms with E-state index in [-0.39, 0.29) is 0 Å². The first-order chi connectivity index (χ1) is 7.60. The summed E-state index contributed by atoms with van der Waals surface area (Å²) in [5, 5.41) is 9.16. The third kappa shape index (κ3) is 2.75. The van der Waals surface area contributed by atoms with Gasteiger partial charge in [-0.2, -0.15) is 0 Å². The third-order valence-corrected chi connectivity index (χ3v) is 2.72. The Morgan fingerprint density at radius 3 is 2.56 bits per heavy atom. The van der Waals surface area contributed by atoms with Crippen molar-refractivity contribution in [3.63, 3.8) is 0 Å². The maximum absolute atomic E-state index is 11.1. The Balaban J connectivity index is 3.01. The van der Waals surface area contributed by atoms with E-state index in [0.717, 1.165) is 11.3 Å². The largest absolute Gasteiger partial charge is 0.480 e. The van der Waals surface area contributed by atoms with Crippen molar-refractivity contribution in [3.8, 4) is 0 Å². The highest BCUT2D eigenvalue weighted by Gasteiger charge is 2.22. The molecule has 0 aliphatic rings. The zero-order valence-electron chi connectivity index (χ0n) is 10.1. The van der Waals surface area contributed by atoms with Gasteiger partial charge in [-0.05, 0) is 38.0 Å². The fourth-order valence-electron chi connectivity index (χ4n) is 1.92. The van der Waals surface area contributed by atoms with Crippen molar-refractivity contribution in [1.29, 1.82) is 0 Å². The molecule has 0 radical (unpaired) electrons. The van der Waals surface area contributed by atoms with Crippen molar-refractivity contribution >= 4 is 11.7 Å². The van der Waals surface area contributed by atoms with Gasteiger partial charge in [0.1, 0.15) is 6.04 Å². The molecular weight excluding hydrogens is 202 g/mol. The van der Waals surface area contributed by atoms with Crippen molar-refractivity contribution < 1.29 is 9.90 Å². The number of carboxylic acids is 1. The summed E-state index contributed by atoms with van der Waals surface area (Å²) >= 11 is 0. The van der Waals surface area contributed by atoms with Crippen molar-refractivity contribution in [2.75, 3.05) is 11.4 Å². The topological polar surface area (TPSA) is 40.5 Å². The fourth-order valence-corrected chi connectivity index (χ4v) is 1.92. The average Bonchev–Trinajstić information content (AvgIpc) is 2.25. The highest BCUT2D eigenvalue weighted by atomic mass is 16.4. The quantitative estimate of drug-likeness (QED) is 0.831. The summed E-state index contributed by atoms with van der Waals surface area (Å²) in [6.45, 7) is 6.60. The van der Waals surface area contributed by atoms with Crippen LogP contribution in [0.4, 0.5) is 5.69 Å². The molecule has 1 N–H and O–H groups in total.